The summed E-state index contributed by atoms with van der Waals surface area (Å²) in [5.41, 5.74) is -0.651. The van der Waals surface area contributed by atoms with E-state index < -0.39 is 11.7 Å². The van der Waals surface area contributed by atoms with Crippen LogP contribution in [0.5, 0.6) is 0 Å². The number of alkyl halides is 3. The molecule has 0 bridgehead atoms. The summed E-state index contributed by atoms with van der Waals surface area (Å²) in [4.78, 5) is 3.88. The van der Waals surface area contributed by atoms with Crippen molar-refractivity contribution in [1.29, 1.82) is 0 Å². The Morgan fingerprint density at radius 3 is 2.53 bits per heavy atom. The molecule has 15 heavy (non-hydrogen) atoms. The molecule has 0 N–H and O–H groups in total. The Bertz CT molecular complexity index is 507. The van der Waals surface area contributed by atoms with Crippen molar-refractivity contribution in [2.45, 2.75) is 6.18 Å². The molecule has 0 saturated heterocycles. The van der Waals surface area contributed by atoms with E-state index in [1.165, 1.54) is 18.5 Å². The normalized spacial score (nSPS) is 12.0. The van der Waals surface area contributed by atoms with E-state index in [1.54, 1.807) is 0 Å². The highest BCUT2D eigenvalue weighted by molar-refractivity contribution is 9.10. The number of rotatable bonds is 0. The molecule has 2 rings (SSSR count). The number of fused-ring (bicyclic) bond motifs is 1. The highest BCUT2D eigenvalue weighted by Gasteiger charge is 2.30. The van der Waals surface area contributed by atoms with E-state index in [0.29, 0.717) is 15.2 Å². The Kier molecular flexibility index (Phi) is 2.42. The van der Waals surface area contributed by atoms with Crippen LogP contribution in [0.25, 0.3) is 10.8 Å². The topological polar surface area (TPSA) is 12.9 Å². The summed E-state index contributed by atoms with van der Waals surface area (Å²) >= 11 is 3.17. The van der Waals surface area contributed by atoms with Crippen molar-refractivity contribution in [1.82, 2.24) is 4.98 Å². The second-order valence-corrected chi connectivity index (χ2v) is 3.91. The fraction of sp³-hybridized carbons (Fsp3) is 0.100. The number of benzene rings is 1. The van der Waals surface area contributed by atoms with Crippen molar-refractivity contribution in [3.8, 4) is 0 Å². The Morgan fingerprint density at radius 2 is 1.87 bits per heavy atom. The van der Waals surface area contributed by atoms with E-state index in [9.17, 15) is 13.2 Å². The summed E-state index contributed by atoms with van der Waals surface area (Å²) in [5, 5.41) is 1.19. The quantitative estimate of drug-likeness (QED) is 0.708. The van der Waals surface area contributed by atoms with Crippen LogP contribution in [0.15, 0.2) is 35.1 Å². The Balaban J connectivity index is 2.70. The van der Waals surface area contributed by atoms with Crippen LogP contribution in [0.3, 0.4) is 0 Å². The molecule has 2 aromatic rings. The number of hydrogen-bond acceptors (Lipinski definition) is 1. The molecule has 0 amide bonds. The van der Waals surface area contributed by atoms with Crippen LogP contribution in [0.2, 0.25) is 0 Å². The van der Waals surface area contributed by atoms with E-state index in [2.05, 4.69) is 20.9 Å². The van der Waals surface area contributed by atoms with Gasteiger partial charge in [0.2, 0.25) is 0 Å². The van der Waals surface area contributed by atoms with Crippen LogP contribution in [-0.2, 0) is 6.18 Å². The molecule has 0 aliphatic rings. The lowest BCUT2D eigenvalue weighted by atomic mass is 10.1. The number of pyridine rings is 1. The number of hydrogen-bond donors (Lipinski definition) is 0. The van der Waals surface area contributed by atoms with Gasteiger partial charge in [-0.15, -0.1) is 0 Å². The molecule has 0 radical (unpaired) electrons. The van der Waals surface area contributed by atoms with Gasteiger partial charge in [-0.25, -0.2) is 0 Å². The predicted molar refractivity (Wildman–Crippen MR) is 54.4 cm³/mol. The Labute approximate surface area is 92.1 Å². The Morgan fingerprint density at radius 1 is 1.13 bits per heavy atom. The van der Waals surface area contributed by atoms with E-state index in [-0.39, 0.29) is 0 Å². The second-order valence-electron chi connectivity index (χ2n) is 3.05. The first-order valence-corrected chi connectivity index (χ1v) is 4.88. The molecule has 1 heterocycles. The zero-order chi connectivity index (χ0) is 11.1. The maximum Gasteiger partial charge on any atom is 0.416 e. The van der Waals surface area contributed by atoms with E-state index in [4.69, 9.17) is 0 Å². The van der Waals surface area contributed by atoms with Crippen LogP contribution in [-0.4, -0.2) is 4.98 Å². The summed E-state index contributed by atoms with van der Waals surface area (Å²) in [6.45, 7) is 0. The highest BCUT2D eigenvalue weighted by atomic mass is 79.9. The molecule has 0 unspecified atom stereocenters. The van der Waals surface area contributed by atoms with Crippen LogP contribution in [0.4, 0.5) is 13.2 Å². The molecule has 5 heteroatoms. The van der Waals surface area contributed by atoms with Crippen LogP contribution in [0, 0.1) is 0 Å². The predicted octanol–water partition coefficient (Wildman–Crippen LogP) is 4.02. The minimum absolute atomic E-state index is 0.514. The molecule has 0 atom stereocenters. The first-order chi connectivity index (χ1) is 6.98. The SMILES string of the molecule is FC(F)(F)c1ccc2cncc(Br)c2c1. The Hall–Kier alpha value is -1.10. The van der Waals surface area contributed by atoms with Gasteiger partial charge in [-0.05, 0) is 33.4 Å². The highest BCUT2D eigenvalue weighted by Crippen LogP contribution is 2.33. The summed E-state index contributed by atoms with van der Waals surface area (Å²) in [7, 11) is 0. The zero-order valence-electron chi connectivity index (χ0n) is 7.35. The van der Waals surface area contributed by atoms with Gasteiger partial charge in [-0.3, -0.25) is 4.98 Å². The smallest absolute Gasteiger partial charge is 0.263 e. The van der Waals surface area contributed by atoms with Gasteiger partial charge in [0, 0.05) is 22.3 Å². The summed E-state index contributed by atoms with van der Waals surface area (Å²) < 4.78 is 37.8. The van der Waals surface area contributed by atoms with Crippen molar-refractivity contribution >= 4 is 26.7 Å². The van der Waals surface area contributed by atoms with Gasteiger partial charge in [-0.1, -0.05) is 6.07 Å². The third kappa shape index (κ3) is 1.97. The fourth-order valence-corrected chi connectivity index (χ4v) is 1.77. The van der Waals surface area contributed by atoms with Crippen molar-refractivity contribution in [2.75, 3.05) is 0 Å². The molecule has 78 valence electrons. The molecule has 0 aliphatic heterocycles. The number of nitrogens with zero attached hydrogens (tertiary/aromatic N) is 1. The molecular formula is C10H5BrF3N. The largest absolute Gasteiger partial charge is 0.416 e. The lowest BCUT2D eigenvalue weighted by Crippen LogP contribution is -2.04. The van der Waals surface area contributed by atoms with Gasteiger partial charge in [0.05, 0.1) is 5.56 Å². The number of aromatic nitrogens is 1. The van der Waals surface area contributed by atoms with Gasteiger partial charge >= 0.3 is 6.18 Å². The van der Waals surface area contributed by atoms with Crippen molar-refractivity contribution in [2.24, 2.45) is 0 Å². The molecule has 1 nitrogen and oxygen atoms in total. The maximum atomic E-state index is 12.4. The first-order valence-electron chi connectivity index (χ1n) is 4.09. The molecule has 0 saturated carbocycles. The molecule has 1 aromatic carbocycles. The molecule has 0 spiro atoms. The minimum atomic E-state index is -4.31. The molecule has 0 aliphatic carbocycles. The zero-order valence-corrected chi connectivity index (χ0v) is 8.93. The first kappa shape index (κ1) is 10.4. The molecule has 0 fully saturated rings. The van der Waals surface area contributed by atoms with E-state index in [0.717, 1.165) is 12.1 Å². The third-order valence-corrected chi connectivity index (χ3v) is 2.67. The standard InChI is InChI=1S/C10H5BrF3N/c11-9-5-15-4-6-1-2-7(3-8(6)9)10(12,13)14/h1-5H. The maximum absolute atomic E-state index is 12.4. The second kappa shape index (κ2) is 3.48. The number of halogens is 4. The average molecular weight is 276 g/mol. The lowest BCUT2D eigenvalue weighted by molar-refractivity contribution is -0.137. The van der Waals surface area contributed by atoms with Crippen LogP contribution >= 0.6 is 15.9 Å². The summed E-state index contributed by atoms with van der Waals surface area (Å²) in [6.07, 6.45) is -1.31. The monoisotopic (exact) mass is 275 g/mol. The van der Waals surface area contributed by atoms with Gasteiger partial charge < -0.3 is 0 Å². The van der Waals surface area contributed by atoms with Crippen LogP contribution in [0.1, 0.15) is 5.56 Å². The lowest BCUT2D eigenvalue weighted by Gasteiger charge is -2.08. The van der Waals surface area contributed by atoms with Crippen molar-refractivity contribution in [3.63, 3.8) is 0 Å². The molecule has 1 aromatic heterocycles. The third-order valence-electron chi connectivity index (χ3n) is 2.04. The van der Waals surface area contributed by atoms with E-state index >= 15 is 0 Å². The van der Waals surface area contributed by atoms with E-state index in [1.807, 2.05) is 0 Å². The van der Waals surface area contributed by atoms with Gasteiger partial charge in [-0.2, -0.15) is 13.2 Å². The molecular weight excluding hydrogens is 271 g/mol. The fourth-order valence-electron chi connectivity index (χ4n) is 1.30. The van der Waals surface area contributed by atoms with Gasteiger partial charge in [0.25, 0.3) is 0 Å². The minimum Gasteiger partial charge on any atom is -0.263 e. The average Bonchev–Trinajstić information content (AvgIpc) is 2.16. The van der Waals surface area contributed by atoms with Crippen LogP contribution < -0.4 is 0 Å². The van der Waals surface area contributed by atoms with Crippen molar-refractivity contribution < 1.29 is 13.2 Å². The van der Waals surface area contributed by atoms with Crippen molar-refractivity contribution in [3.05, 3.63) is 40.6 Å². The summed E-state index contributed by atoms with van der Waals surface area (Å²) in [6, 6.07) is 3.58. The van der Waals surface area contributed by atoms with Gasteiger partial charge in [0.15, 0.2) is 0 Å². The van der Waals surface area contributed by atoms with Gasteiger partial charge in [0.1, 0.15) is 0 Å². The summed E-state index contributed by atoms with van der Waals surface area (Å²) in [5.74, 6) is 0.